The number of amidine groups is 1. The molecule has 2 aromatic rings. The van der Waals surface area contributed by atoms with Crippen molar-refractivity contribution >= 4 is 49.9 Å². The molecule has 0 aliphatic carbocycles. The van der Waals surface area contributed by atoms with Crippen molar-refractivity contribution in [1.29, 1.82) is 0 Å². The first kappa shape index (κ1) is 20.1. The lowest BCUT2D eigenvalue weighted by Gasteiger charge is -2.17. The van der Waals surface area contributed by atoms with E-state index in [1.54, 1.807) is 24.3 Å². The third kappa shape index (κ3) is 3.96. The minimum atomic E-state index is -4.68. The number of fused-ring (bicyclic) bond motifs is 1. The van der Waals surface area contributed by atoms with E-state index in [1.165, 1.54) is 11.8 Å². The zero-order valence-corrected chi connectivity index (χ0v) is 17.0. The molecule has 0 aromatic heterocycles. The zero-order valence-electron chi connectivity index (χ0n) is 14.6. The van der Waals surface area contributed by atoms with Crippen LogP contribution in [0, 0.1) is 0 Å². The fourth-order valence-corrected chi connectivity index (χ4v) is 5.50. The number of nitrogens with one attached hydrogen (secondary N) is 1. The molecule has 0 radical (unpaired) electrons. The third-order valence-corrected chi connectivity index (χ3v) is 7.11. The molecule has 0 fully saturated rings. The number of thioether (sulfide) groups is 1. The van der Waals surface area contributed by atoms with Crippen LogP contribution >= 0.6 is 23.4 Å². The van der Waals surface area contributed by atoms with Crippen LogP contribution in [0.1, 0.15) is 11.1 Å². The molecule has 11 heteroatoms. The second-order valence-electron chi connectivity index (χ2n) is 6.26. The Balaban J connectivity index is 1.57. The van der Waals surface area contributed by atoms with E-state index >= 15 is 0 Å². The number of rotatable bonds is 4. The van der Waals surface area contributed by atoms with Crippen LogP contribution in [0.5, 0.6) is 0 Å². The highest BCUT2D eigenvalue weighted by atomic mass is 35.5. The van der Waals surface area contributed by atoms with Crippen molar-refractivity contribution in [3.05, 3.63) is 64.0 Å². The number of halogens is 4. The van der Waals surface area contributed by atoms with Gasteiger partial charge in [0.2, 0.25) is 0 Å². The second-order valence-corrected chi connectivity index (χ2v) is 9.16. The van der Waals surface area contributed by atoms with Crippen LogP contribution in [0.15, 0.2) is 57.8 Å². The average Bonchev–Trinajstić information content (AvgIpc) is 3.25. The predicted octanol–water partition coefficient (Wildman–Crippen LogP) is 4.88. The summed E-state index contributed by atoms with van der Waals surface area (Å²) in [7, 11) is -4.30. The molecule has 0 saturated heterocycles. The zero-order chi connectivity index (χ0) is 20.8. The van der Waals surface area contributed by atoms with Gasteiger partial charge in [0.25, 0.3) is 10.0 Å². The van der Waals surface area contributed by atoms with E-state index < -0.39 is 26.7 Å². The maximum absolute atomic E-state index is 12.9. The average molecular weight is 460 g/mol. The van der Waals surface area contributed by atoms with Crippen molar-refractivity contribution in [2.75, 3.05) is 17.8 Å². The van der Waals surface area contributed by atoms with E-state index in [9.17, 15) is 21.6 Å². The summed E-state index contributed by atoms with van der Waals surface area (Å²) in [6.45, 7) is 1.52. The van der Waals surface area contributed by atoms with E-state index in [0.717, 1.165) is 41.7 Å². The largest absolute Gasteiger partial charge is 0.416 e. The van der Waals surface area contributed by atoms with Crippen LogP contribution in [0.2, 0.25) is 5.02 Å². The Bertz CT molecular complexity index is 1130. The summed E-state index contributed by atoms with van der Waals surface area (Å²) in [6.07, 6.45) is -4.68. The highest BCUT2D eigenvalue weighted by Crippen LogP contribution is 2.36. The van der Waals surface area contributed by atoms with Crippen molar-refractivity contribution in [3.63, 3.8) is 0 Å². The summed E-state index contributed by atoms with van der Waals surface area (Å²) in [6, 6.07) is 8.74. The molecule has 0 unspecified atom stereocenters. The molecule has 1 N–H and O–H groups in total. The van der Waals surface area contributed by atoms with Crippen LogP contribution in [0.4, 0.5) is 18.9 Å². The van der Waals surface area contributed by atoms with Gasteiger partial charge in [0.15, 0.2) is 5.17 Å². The Hall–Kier alpha value is -2.17. The first-order chi connectivity index (χ1) is 13.6. The smallest absolute Gasteiger partial charge is 0.318 e. The monoisotopic (exact) mass is 459 g/mol. The number of nitrogens with zero attached hydrogens (tertiary/aromatic N) is 2. The molecule has 2 aliphatic rings. The summed E-state index contributed by atoms with van der Waals surface area (Å²) in [4.78, 5) is 5.82. The maximum atomic E-state index is 12.9. The Kier molecular flexibility index (Phi) is 5.04. The normalized spacial score (nSPS) is 16.5. The molecule has 2 aliphatic heterocycles. The molecule has 2 aromatic carbocycles. The molecule has 4 rings (SSSR count). The standard InChI is InChI=1S/C18H13ClF3N3O2S2/c19-14-6-3-12(18(20,21)22)9-16(14)29(26,27)24-13-4-1-11(2-5-13)15-10-28-17-23-7-8-25(15)17/h1-6,9-10,24H,7-8H2. The third-order valence-electron chi connectivity index (χ3n) is 4.35. The molecule has 29 heavy (non-hydrogen) atoms. The Labute approximate surface area is 174 Å². The Morgan fingerprint density at radius 3 is 2.55 bits per heavy atom. The van der Waals surface area contributed by atoms with E-state index in [2.05, 4.69) is 14.6 Å². The van der Waals surface area contributed by atoms with Crippen LogP contribution in [-0.4, -0.2) is 31.6 Å². The van der Waals surface area contributed by atoms with Gasteiger partial charge in [-0.1, -0.05) is 35.5 Å². The van der Waals surface area contributed by atoms with Gasteiger partial charge in [-0.3, -0.25) is 9.71 Å². The fraction of sp³-hybridized carbons (Fsp3) is 0.167. The van der Waals surface area contributed by atoms with Crippen LogP contribution < -0.4 is 4.72 Å². The van der Waals surface area contributed by atoms with Crippen molar-refractivity contribution < 1.29 is 21.6 Å². The summed E-state index contributed by atoms with van der Waals surface area (Å²) in [5, 5.41) is 2.61. The summed E-state index contributed by atoms with van der Waals surface area (Å²) < 4.78 is 66.2. The summed E-state index contributed by atoms with van der Waals surface area (Å²) in [5.41, 5.74) is 0.974. The maximum Gasteiger partial charge on any atom is 0.416 e. The Morgan fingerprint density at radius 1 is 1.14 bits per heavy atom. The van der Waals surface area contributed by atoms with Gasteiger partial charge in [-0.25, -0.2) is 8.42 Å². The number of alkyl halides is 3. The highest BCUT2D eigenvalue weighted by molar-refractivity contribution is 8.16. The quantitative estimate of drug-likeness (QED) is 0.708. The van der Waals surface area contributed by atoms with Gasteiger partial charge in [-0.2, -0.15) is 13.2 Å². The highest BCUT2D eigenvalue weighted by Gasteiger charge is 2.33. The minimum Gasteiger partial charge on any atom is -0.318 e. The van der Waals surface area contributed by atoms with Crippen LogP contribution in [0.3, 0.4) is 0 Å². The molecule has 0 amide bonds. The topological polar surface area (TPSA) is 61.8 Å². The van der Waals surface area contributed by atoms with Gasteiger partial charge in [-0.15, -0.1) is 0 Å². The van der Waals surface area contributed by atoms with Gasteiger partial charge >= 0.3 is 6.18 Å². The van der Waals surface area contributed by atoms with Crippen molar-refractivity contribution in [1.82, 2.24) is 4.90 Å². The molecule has 0 saturated carbocycles. The van der Waals surface area contributed by atoms with Crippen molar-refractivity contribution in [3.8, 4) is 0 Å². The molecular weight excluding hydrogens is 447 g/mol. The van der Waals surface area contributed by atoms with Gasteiger partial charge in [-0.05, 0) is 35.9 Å². The SMILES string of the molecule is O=S(=O)(Nc1ccc(C2=CSC3=NCCN23)cc1)c1cc(C(F)(F)F)ccc1Cl. The van der Waals surface area contributed by atoms with E-state index in [-0.39, 0.29) is 10.7 Å². The van der Waals surface area contributed by atoms with Gasteiger partial charge < -0.3 is 4.90 Å². The minimum absolute atomic E-state index is 0.212. The summed E-state index contributed by atoms with van der Waals surface area (Å²) in [5.74, 6) is 0. The van der Waals surface area contributed by atoms with Gasteiger partial charge in [0.05, 0.1) is 22.8 Å². The van der Waals surface area contributed by atoms with Crippen LogP contribution in [0.25, 0.3) is 5.70 Å². The van der Waals surface area contributed by atoms with Gasteiger partial charge in [0.1, 0.15) is 4.90 Å². The number of hydrogen-bond acceptors (Lipinski definition) is 5. The number of hydrogen-bond donors (Lipinski definition) is 1. The summed E-state index contributed by atoms with van der Waals surface area (Å²) >= 11 is 7.38. The molecule has 152 valence electrons. The lowest BCUT2D eigenvalue weighted by molar-refractivity contribution is -0.137. The number of sulfonamides is 1. The van der Waals surface area contributed by atoms with Crippen LogP contribution in [-0.2, 0) is 16.2 Å². The van der Waals surface area contributed by atoms with Crippen molar-refractivity contribution in [2.24, 2.45) is 4.99 Å². The molecule has 0 atom stereocenters. The fourth-order valence-electron chi connectivity index (χ4n) is 2.95. The molecule has 0 spiro atoms. The number of anilines is 1. The molecular formula is C18H13ClF3N3O2S2. The molecule has 5 nitrogen and oxygen atoms in total. The first-order valence-electron chi connectivity index (χ1n) is 8.34. The van der Waals surface area contributed by atoms with Crippen molar-refractivity contribution in [2.45, 2.75) is 11.1 Å². The van der Waals surface area contributed by atoms with E-state index in [0.29, 0.717) is 6.07 Å². The second kappa shape index (κ2) is 7.26. The lowest BCUT2D eigenvalue weighted by atomic mass is 10.1. The molecule has 0 bridgehead atoms. The predicted molar refractivity (Wildman–Crippen MR) is 108 cm³/mol. The first-order valence-corrected chi connectivity index (χ1v) is 11.1. The van der Waals surface area contributed by atoms with E-state index in [1.807, 2.05) is 5.41 Å². The van der Waals surface area contributed by atoms with E-state index in [4.69, 9.17) is 11.6 Å². The molecule has 2 heterocycles. The lowest BCUT2D eigenvalue weighted by Crippen LogP contribution is -2.19. The number of benzene rings is 2. The Morgan fingerprint density at radius 2 is 1.86 bits per heavy atom. The van der Waals surface area contributed by atoms with Gasteiger partial charge in [0, 0.05) is 17.6 Å². The number of aliphatic imine (C=N–C) groups is 1.